The van der Waals surface area contributed by atoms with Crippen molar-refractivity contribution < 1.29 is 0 Å². The number of pyridine rings is 1. The van der Waals surface area contributed by atoms with Crippen molar-refractivity contribution in [2.45, 2.75) is 98.8 Å². The van der Waals surface area contributed by atoms with E-state index < -0.39 is 0 Å². The number of allylic oxidation sites excluding steroid dienone is 2. The number of hydrogen-bond donors (Lipinski definition) is 0. The number of aryl methyl sites for hydroxylation is 1. The average Bonchev–Trinajstić information content (AvgIpc) is 3.33. The third-order valence-electron chi connectivity index (χ3n) is 12.9. The summed E-state index contributed by atoms with van der Waals surface area (Å²) in [5.74, 6) is 5.09. The number of halogens is 1. The lowest BCUT2D eigenvalue weighted by Crippen LogP contribution is -2.50. The SMILES string of the molecule is CC(C)CCC[C@@H](C)[C@H]1CC[C@H]2[C@@H]3CC=C4c5c(nc6ccc(Cl)cc6c5-c5ccccc5)CC[C@]4(C)[C@H]3CC[C@]12C. The number of fused-ring (bicyclic) bond motifs is 8. The van der Waals surface area contributed by atoms with Crippen LogP contribution < -0.4 is 0 Å². The first-order valence-electron chi connectivity index (χ1n) is 17.1. The monoisotopic (exact) mass is 579 g/mol. The van der Waals surface area contributed by atoms with Crippen LogP contribution in [-0.2, 0) is 6.42 Å². The zero-order valence-corrected chi connectivity index (χ0v) is 27.3. The second kappa shape index (κ2) is 10.8. The Morgan fingerprint density at radius 2 is 1.71 bits per heavy atom. The van der Waals surface area contributed by atoms with Gasteiger partial charge in [-0.1, -0.05) is 102 Å². The molecule has 0 radical (unpaired) electrons. The maximum atomic E-state index is 6.62. The van der Waals surface area contributed by atoms with Crippen molar-refractivity contribution in [1.29, 1.82) is 0 Å². The summed E-state index contributed by atoms with van der Waals surface area (Å²) in [5.41, 5.74) is 8.78. The molecule has 4 aliphatic carbocycles. The van der Waals surface area contributed by atoms with E-state index in [1.54, 1.807) is 5.57 Å². The zero-order chi connectivity index (χ0) is 29.2. The van der Waals surface area contributed by atoms with E-state index in [9.17, 15) is 0 Å². The fraction of sp³-hybridized carbons (Fsp3) is 0.575. The molecular formula is C40H50ClN. The molecule has 1 heterocycles. The van der Waals surface area contributed by atoms with E-state index in [4.69, 9.17) is 16.6 Å². The van der Waals surface area contributed by atoms with Crippen LogP contribution in [0, 0.1) is 46.3 Å². The lowest BCUT2D eigenvalue weighted by molar-refractivity contribution is -0.0393. The number of rotatable bonds is 6. The Morgan fingerprint density at radius 3 is 2.50 bits per heavy atom. The van der Waals surface area contributed by atoms with Crippen LogP contribution in [0.2, 0.25) is 5.02 Å². The first-order chi connectivity index (χ1) is 20.2. The van der Waals surface area contributed by atoms with Crippen LogP contribution in [0.25, 0.3) is 27.6 Å². The second-order valence-corrected chi connectivity index (χ2v) is 16.0. The van der Waals surface area contributed by atoms with Crippen molar-refractivity contribution in [3.8, 4) is 11.1 Å². The van der Waals surface area contributed by atoms with Crippen molar-refractivity contribution in [2.75, 3.05) is 0 Å². The van der Waals surface area contributed by atoms with E-state index in [-0.39, 0.29) is 5.41 Å². The topological polar surface area (TPSA) is 12.9 Å². The summed E-state index contributed by atoms with van der Waals surface area (Å²) in [7, 11) is 0. The highest BCUT2D eigenvalue weighted by molar-refractivity contribution is 6.31. The van der Waals surface area contributed by atoms with Gasteiger partial charge >= 0.3 is 0 Å². The molecule has 7 atom stereocenters. The Labute approximate surface area is 259 Å². The van der Waals surface area contributed by atoms with Gasteiger partial charge in [0.2, 0.25) is 0 Å². The molecule has 0 N–H and O–H groups in total. The summed E-state index contributed by atoms with van der Waals surface area (Å²) in [4.78, 5) is 5.30. The number of benzene rings is 2. The minimum atomic E-state index is 0.218. The van der Waals surface area contributed by atoms with Crippen molar-refractivity contribution in [2.24, 2.45) is 46.3 Å². The molecule has 222 valence electrons. The number of hydrogen-bond acceptors (Lipinski definition) is 1. The van der Waals surface area contributed by atoms with Gasteiger partial charge in [0.25, 0.3) is 0 Å². The Kier molecular flexibility index (Phi) is 7.36. The van der Waals surface area contributed by atoms with Crippen LogP contribution in [0.4, 0.5) is 0 Å². The third kappa shape index (κ3) is 4.51. The Hall–Kier alpha value is -2.12. The highest BCUT2D eigenvalue weighted by Crippen LogP contribution is 2.68. The minimum absolute atomic E-state index is 0.218. The van der Waals surface area contributed by atoms with Crippen molar-refractivity contribution in [3.63, 3.8) is 0 Å². The number of aromatic nitrogens is 1. The summed E-state index contributed by atoms with van der Waals surface area (Å²) in [6.07, 6.45) is 16.2. The normalized spacial score (nSPS) is 32.6. The lowest BCUT2D eigenvalue weighted by Gasteiger charge is -2.58. The first kappa shape index (κ1) is 28.6. The third-order valence-corrected chi connectivity index (χ3v) is 13.1. The van der Waals surface area contributed by atoms with Gasteiger partial charge in [-0.25, -0.2) is 0 Å². The van der Waals surface area contributed by atoms with Gasteiger partial charge in [0.05, 0.1) is 5.52 Å². The number of nitrogens with zero attached hydrogens (tertiary/aromatic N) is 1. The maximum absolute atomic E-state index is 6.62. The molecule has 0 unspecified atom stereocenters. The molecule has 42 heavy (non-hydrogen) atoms. The lowest BCUT2D eigenvalue weighted by atomic mass is 9.46. The van der Waals surface area contributed by atoms with Gasteiger partial charge < -0.3 is 0 Å². The van der Waals surface area contributed by atoms with E-state index in [0.717, 1.165) is 52.5 Å². The Morgan fingerprint density at radius 1 is 0.905 bits per heavy atom. The van der Waals surface area contributed by atoms with Gasteiger partial charge in [-0.2, -0.15) is 0 Å². The molecule has 2 heteroatoms. The van der Waals surface area contributed by atoms with E-state index >= 15 is 0 Å². The molecule has 2 saturated carbocycles. The van der Waals surface area contributed by atoms with Crippen LogP contribution in [0.15, 0.2) is 54.6 Å². The second-order valence-electron chi connectivity index (χ2n) is 15.5. The molecule has 0 aliphatic heterocycles. The van der Waals surface area contributed by atoms with E-state index in [2.05, 4.69) is 83.2 Å². The Bertz CT molecular complexity index is 1500. The molecule has 0 amide bonds. The molecule has 2 fully saturated rings. The summed E-state index contributed by atoms with van der Waals surface area (Å²) in [5, 5.41) is 1.99. The summed E-state index contributed by atoms with van der Waals surface area (Å²) in [6, 6.07) is 17.3. The van der Waals surface area contributed by atoms with Gasteiger partial charge in [0, 0.05) is 27.2 Å². The predicted molar refractivity (Wildman–Crippen MR) is 180 cm³/mol. The van der Waals surface area contributed by atoms with E-state index in [1.807, 2.05) is 6.07 Å². The van der Waals surface area contributed by atoms with E-state index in [0.29, 0.717) is 5.41 Å². The van der Waals surface area contributed by atoms with Gasteiger partial charge in [-0.15, -0.1) is 0 Å². The average molecular weight is 580 g/mol. The van der Waals surface area contributed by atoms with Gasteiger partial charge in [0.15, 0.2) is 0 Å². The molecule has 3 aromatic rings. The molecular weight excluding hydrogens is 530 g/mol. The minimum Gasteiger partial charge on any atom is -0.252 e. The van der Waals surface area contributed by atoms with Gasteiger partial charge in [-0.3, -0.25) is 4.98 Å². The molecule has 0 saturated heterocycles. The van der Waals surface area contributed by atoms with Crippen molar-refractivity contribution >= 4 is 28.1 Å². The van der Waals surface area contributed by atoms with Gasteiger partial charge in [0.1, 0.15) is 0 Å². The van der Waals surface area contributed by atoms with Crippen LogP contribution in [0.5, 0.6) is 0 Å². The fourth-order valence-electron chi connectivity index (χ4n) is 10.9. The van der Waals surface area contributed by atoms with Crippen molar-refractivity contribution in [1.82, 2.24) is 4.98 Å². The molecule has 0 bridgehead atoms. The standard InChI is InChI=1S/C40H50ClN/c1-25(2)10-9-11-26(3)31-17-18-32-29-15-16-34-38-36(21-23-40(34,5)33(29)20-22-39(31,32)4)42-35-19-14-28(41)24-30(35)37(38)27-12-7-6-8-13-27/h6-8,12-14,16,19,24-26,29,31-33H,9-11,15,17-18,20-23H2,1-5H3/t26-,29+,31-,32+,33+,39-,40-/m1/s1. The molecule has 1 aromatic heterocycles. The highest BCUT2D eigenvalue weighted by Gasteiger charge is 2.59. The summed E-state index contributed by atoms with van der Waals surface area (Å²) in [6.45, 7) is 12.7. The molecule has 2 aromatic carbocycles. The Balaban J connectivity index is 1.27. The first-order valence-corrected chi connectivity index (χ1v) is 17.5. The van der Waals surface area contributed by atoms with Crippen LogP contribution in [-0.4, -0.2) is 4.98 Å². The molecule has 4 aliphatic rings. The van der Waals surface area contributed by atoms with Crippen LogP contribution >= 0.6 is 11.6 Å². The van der Waals surface area contributed by atoms with Crippen molar-refractivity contribution in [3.05, 3.63) is 70.9 Å². The highest BCUT2D eigenvalue weighted by atomic mass is 35.5. The smallest absolute Gasteiger partial charge is 0.0713 e. The fourth-order valence-corrected chi connectivity index (χ4v) is 11.0. The summed E-state index contributed by atoms with van der Waals surface area (Å²) >= 11 is 6.62. The quantitative estimate of drug-likeness (QED) is 0.283. The van der Waals surface area contributed by atoms with E-state index in [1.165, 1.54) is 85.6 Å². The van der Waals surface area contributed by atoms with Crippen LogP contribution in [0.1, 0.15) is 104 Å². The molecule has 0 spiro atoms. The largest absolute Gasteiger partial charge is 0.252 e. The maximum Gasteiger partial charge on any atom is 0.0713 e. The molecule has 7 rings (SSSR count). The predicted octanol–water partition coefficient (Wildman–Crippen LogP) is 11.8. The van der Waals surface area contributed by atoms with Gasteiger partial charge in [-0.05, 0) is 121 Å². The summed E-state index contributed by atoms with van der Waals surface area (Å²) < 4.78 is 0. The zero-order valence-electron chi connectivity index (χ0n) is 26.6. The van der Waals surface area contributed by atoms with Crippen LogP contribution in [0.3, 0.4) is 0 Å². The molecule has 1 nitrogen and oxygen atoms in total.